The molecule has 2 aromatic rings. The molecule has 30 heavy (non-hydrogen) atoms. The summed E-state index contributed by atoms with van der Waals surface area (Å²) in [6.45, 7) is 8.98. The van der Waals surface area contributed by atoms with Crippen LogP contribution < -0.4 is 9.21 Å². The molecule has 0 aromatic heterocycles. The monoisotopic (exact) mass is 492 g/mol. The van der Waals surface area contributed by atoms with Crippen molar-refractivity contribution in [2.24, 2.45) is 0 Å². The second-order valence-corrected chi connectivity index (χ2v) is 10.6. The Balaban J connectivity index is 2.07. The third kappa shape index (κ3) is 4.28. The summed E-state index contributed by atoms with van der Waals surface area (Å²) in [5.41, 5.74) is 3.51. The van der Waals surface area contributed by atoms with E-state index in [1.54, 1.807) is 11.0 Å². The molecule has 2 aromatic carbocycles. The van der Waals surface area contributed by atoms with E-state index in [1.807, 2.05) is 44.2 Å². The van der Waals surface area contributed by atoms with Crippen molar-refractivity contribution in [1.82, 2.24) is 0 Å². The van der Waals surface area contributed by atoms with E-state index in [0.717, 1.165) is 12.0 Å². The molecule has 0 N–H and O–H groups in total. The van der Waals surface area contributed by atoms with Crippen molar-refractivity contribution >= 4 is 43.2 Å². The van der Waals surface area contributed by atoms with Crippen molar-refractivity contribution in [3.8, 4) is 0 Å². The van der Waals surface area contributed by atoms with Gasteiger partial charge in [-0.25, -0.2) is 8.42 Å². The van der Waals surface area contributed by atoms with Gasteiger partial charge in [0.1, 0.15) is 4.90 Å². The highest BCUT2D eigenvalue weighted by molar-refractivity contribution is 9.10. The number of fused-ring (bicyclic) bond motifs is 1. The van der Waals surface area contributed by atoms with Crippen LogP contribution in [0.4, 0.5) is 11.4 Å². The van der Waals surface area contributed by atoms with E-state index in [0.29, 0.717) is 47.7 Å². The predicted octanol–water partition coefficient (Wildman–Crippen LogP) is 5.48. The molecule has 0 atom stereocenters. The Hall–Kier alpha value is -1.86. The SMILES string of the molecule is CCCN(c1ccc(C(C)C)cc1)S(=O)(=O)c1cc2c(cc1Br)CCN2C(=O)CC. The number of halogens is 1. The molecule has 0 bridgehead atoms. The summed E-state index contributed by atoms with van der Waals surface area (Å²) in [7, 11) is -3.81. The van der Waals surface area contributed by atoms with Crippen LogP contribution in [-0.2, 0) is 21.2 Å². The molecule has 0 spiro atoms. The second kappa shape index (κ2) is 9.10. The Morgan fingerprint density at radius 1 is 1.17 bits per heavy atom. The van der Waals surface area contributed by atoms with Gasteiger partial charge in [0, 0.05) is 29.7 Å². The highest BCUT2D eigenvalue weighted by atomic mass is 79.9. The molecule has 7 heteroatoms. The Morgan fingerprint density at radius 2 is 1.83 bits per heavy atom. The molecule has 0 saturated heterocycles. The number of anilines is 2. The smallest absolute Gasteiger partial charge is 0.265 e. The van der Waals surface area contributed by atoms with Crippen molar-refractivity contribution in [3.05, 3.63) is 52.0 Å². The lowest BCUT2D eigenvalue weighted by atomic mass is 10.0. The highest BCUT2D eigenvalue weighted by Gasteiger charge is 2.31. The van der Waals surface area contributed by atoms with Gasteiger partial charge in [-0.3, -0.25) is 9.10 Å². The van der Waals surface area contributed by atoms with E-state index in [1.165, 1.54) is 9.87 Å². The fraction of sp³-hybridized carbons (Fsp3) is 0.435. The van der Waals surface area contributed by atoms with E-state index in [2.05, 4.69) is 29.8 Å². The first kappa shape index (κ1) is 22.8. The molecule has 0 unspecified atom stereocenters. The van der Waals surface area contributed by atoms with Gasteiger partial charge in [0.05, 0.1) is 5.69 Å². The van der Waals surface area contributed by atoms with Crippen molar-refractivity contribution in [2.75, 3.05) is 22.3 Å². The van der Waals surface area contributed by atoms with Crippen LogP contribution in [0.3, 0.4) is 0 Å². The predicted molar refractivity (Wildman–Crippen MR) is 126 cm³/mol. The molecular formula is C23H29BrN2O3S. The molecule has 0 aliphatic carbocycles. The first-order valence-corrected chi connectivity index (χ1v) is 12.7. The fourth-order valence-electron chi connectivity index (χ4n) is 3.77. The number of sulfonamides is 1. The maximum atomic E-state index is 13.7. The van der Waals surface area contributed by atoms with Crippen molar-refractivity contribution in [3.63, 3.8) is 0 Å². The summed E-state index contributed by atoms with van der Waals surface area (Å²) in [4.78, 5) is 14.2. The van der Waals surface area contributed by atoms with E-state index in [4.69, 9.17) is 0 Å². The lowest BCUT2D eigenvalue weighted by molar-refractivity contribution is -0.118. The van der Waals surface area contributed by atoms with Gasteiger partial charge in [-0.05, 0) is 70.1 Å². The van der Waals surface area contributed by atoms with E-state index in [-0.39, 0.29) is 10.8 Å². The zero-order valence-corrected chi connectivity index (χ0v) is 20.4. The van der Waals surface area contributed by atoms with E-state index >= 15 is 0 Å². The lowest BCUT2D eigenvalue weighted by Gasteiger charge is -2.26. The summed E-state index contributed by atoms with van der Waals surface area (Å²) in [5.74, 6) is 0.386. The molecule has 1 aliphatic heterocycles. The first-order valence-electron chi connectivity index (χ1n) is 10.5. The van der Waals surface area contributed by atoms with Crippen LogP contribution in [0.5, 0.6) is 0 Å². The summed E-state index contributed by atoms with van der Waals surface area (Å²) in [6, 6.07) is 11.2. The number of hydrogen-bond donors (Lipinski definition) is 0. The van der Waals surface area contributed by atoms with Gasteiger partial charge in [-0.1, -0.05) is 39.8 Å². The topological polar surface area (TPSA) is 57.7 Å². The average molecular weight is 493 g/mol. The Kier molecular flexibility index (Phi) is 6.92. The number of rotatable bonds is 7. The quantitative estimate of drug-likeness (QED) is 0.514. The minimum Gasteiger partial charge on any atom is -0.312 e. The van der Waals surface area contributed by atoms with E-state index in [9.17, 15) is 13.2 Å². The third-order valence-corrected chi connectivity index (χ3v) is 8.26. The second-order valence-electron chi connectivity index (χ2n) is 7.88. The molecule has 5 nitrogen and oxygen atoms in total. The molecule has 3 rings (SSSR count). The summed E-state index contributed by atoms with van der Waals surface area (Å²) in [6.07, 6.45) is 1.81. The van der Waals surface area contributed by atoms with Crippen LogP contribution in [-0.4, -0.2) is 27.4 Å². The van der Waals surface area contributed by atoms with Gasteiger partial charge < -0.3 is 4.90 Å². The summed E-state index contributed by atoms with van der Waals surface area (Å²) < 4.78 is 29.4. The summed E-state index contributed by atoms with van der Waals surface area (Å²) in [5, 5.41) is 0. The number of hydrogen-bond acceptors (Lipinski definition) is 3. The molecule has 0 saturated carbocycles. The molecular weight excluding hydrogens is 464 g/mol. The largest absolute Gasteiger partial charge is 0.312 e. The van der Waals surface area contributed by atoms with Crippen LogP contribution in [0.1, 0.15) is 57.6 Å². The molecule has 1 aliphatic rings. The van der Waals surface area contributed by atoms with Crippen molar-refractivity contribution in [2.45, 2.75) is 57.8 Å². The van der Waals surface area contributed by atoms with E-state index < -0.39 is 10.0 Å². The van der Waals surface area contributed by atoms with Crippen LogP contribution >= 0.6 is 15.9 Å². The molecule has 0 fully saturated rings. The Morgan fingerprint density at radius 3 is 2.40 bits per heavy atom. The van der Waals surface area contributed by atoms with Gasteiger partial charge in [0.2, 0.25) is 5.91 Å². The lowest BCUT2D eigenvalue weighted by Crippen LogP contribution is -2.32. The van der Waals surface area contributed by atoms with Gasteiger partial charge >= 0.3 is 0 Å². The zero-order chi connectivity index (χ0) is 22.1. The van der Waals surface area contributed by atoms with Gasteiger partial charge in [-0.2, -0.15) is 0 Å². The van der Waals surface area contributed by atoms with Crippen LogP contribution in [0.15, 0.2) is 45.8 Å². The van der Waals surface area contributed by atoms with Gasteiger partial charge in [0.15, 0.2) is 0 Å². The molecule has 1 heterocycles. The molecule has 0 radical (unpaired) electrons. The van der Waals surface area contributed by atoms with Crippen LogP contribution in [0, 0.1) is 0 Å². The van der Waals surface area contributed by atoms with Gasteiger partial charge in [-0.15, -0.1) is 0 Å². The Labute approximate surface area is 188 Å². The van der Waals surface area contributed by atoms with Crippen LogP contribution in [0.2, 0.25) is 0 Å². The van der Waals surface area contributed by atoms with Gasteiger partial charge in [0.25, 0.3) is 10.0 Å². The number of carbonyl (C=O) groups is 1. The standard InChI is InChI=1S/C23H29BrN2O3S/c1-5-12-26(19-9-7-17(8-10-19)16(3)4)30(28,29)22-15-21-18(14-20(22)24)11-13-25(21)23(27)6-2/h7-10,14-16H,5-6,11-13H2,1-4H3. The number of benzene rings is 2. The normalized spacial score (nSPS) is 13.6. The van der Waals surface area contributed by atoms with Crippen molar-refractivity contribution in [1.29, 1.82) is 0 Å². The fourth-order valence-corrected chi connectivity index (χ4v) is 6.40. The minimum atomic E-state index is -3.81. The number of nitrogens with zero attached hydrogens (tertiary/aromatic N) is 2. The average Bonchev–Trinajstić information content (AvgIpc) is 3.13. The summed E-state index contributed by atoms with van der Waals surface area (Å²) >= 11 is 3.47. The Bertz CT molecular complexity index is 1030. The number of carbonyl (C=O) groups excluding carboxylic acids is 1. The zero-order valence-electron chi connectivity index (χ0n) is 18.0. The third-order valence-electron chi connectivity index (χ3n) is 5.47. The number of amides is 1. The minimum absolute atomic E-state index is 0.00843. The molecule has 1 amide bonds. The maximum Gasteiger partial charge on any atom is 0.265 e. The maximum absolute atomic E-state index is 13.7. The van der Waals surface area contributed by atoms with Crippen molar-refractivity contribution < 1.29 is 13.2 Å². The van der Waals surface area contributed by atoms with Crippen LogP contribution in [0.25, 0.3) is 0 Å². The molecule has 162 valence electrons. The highest BCUT2D eigenvalue weighted by Crippen LogP contribution is 2.38. The first-order chi connectivity index (χ1) is 14.2.